The Hall–Kier alpha value is -1.82. The highest BCUT2D eigenvalue weighted by atomic mass is 16.5. The summed E-state index contributed by atoms with van der Waals surface area (Å²) >= 11 is 0. The molecule has 1 aliphatic heterocycles. The SMILES string of the molecule is O=C(O)N1CCN[C@H](COc2ccccn2)C1. The maximum Gasteiger partial charge on any atom is 0.407 e. The van der Waals surface area contributed by atoms with Crippen LogP contribution in [0.15, 0.2) is 24.4 Å². The molecule has 0 bridgehead atoms. The van der Waals surface area contributed by atoms with Crippen LogP contribution in [0.4, 0.5) is 4.79 Å². The molecule has 0 unspecified atom stereocenters. The highest BCUT2D eigenvalue weighted by Crippen LogP contribution is 2.06. The van der Waals surface area contributed by atoms with Crippen LogP contribution >= 0.6 is 0 Å². The molecule has 17 heavy (non-hydrogen) atoms. The fraction of sp³-hybridized carbons (Fsp3) is 0.455. The molecule has 6 heteroatoms. The molecule has 2 rings (SSSR count). The van der Waals surface area contributed by atoms with Gasteiger partial charge in [0.15, 0.2) is 0 Å². The number of ether oxygens (including phenoxy) is 1. The molecule has 0 aromatic carbocycles. The van der Waals surface area contributed by atoms with E-state index in [-0.39, 0.29) is 6.04 Å². The Morgan fingerprint density at radius 1 is 1.65 bits per heavy atom. The van der Waals surface area contributed by atoms with Crippen LogP contribution < -0.4 is 10.1 Å². The minimum atomic E-state index is -0.880. The van der Waals surface area contributed by atoms with Crippen LogP contribution in [0, 0.1) is 0 Å². The van der Waals surface area contributed by atoms with E-state index in [4.69, 9.17) is 9.84 Å². The van der Waals surface area contributed by atoms with Gasteiger partial charge in [0.25, 0.3) is 0 Å². The Morgan fingerprint density at radius 3 is 3.24 bits per heavy atom. The predicted molar refractivity (Wildman–Crippen MR) is 61.1 cm³/mol. The number of pyridine rings is 1. The first-order chi connectivity index (χ1) is 8.25. The van der Waals surface area contributed by atoms with Crippen LogP contribution in [0.2, 0.25) is 0 Å². The number of hydrogen-bond acceptors (Lipinski definition) is 4. The lowest BCUT2D eigenvalue weighted by molar-refractivity contribution is 0.117. The van der Waals surface area contributed by atoms with Crippen molar-refractivity contribution in [2.75, 3.05) is 26.2 Å². The Kier molecular flexibility index (Phi) is 3.77. The molecule has 92 valence electrons. The fourth-order valence-corrected chi connectivity index (χ4v) is 1.73. The van der Waals surface area contributed by atoms with Crippen molar-refractivity contribution >= 4 is 6.09 Å². The Morgan fingerprint density at radius 2 is 2.53 bits per heavy atom. The van der Waals surface area contributed by atoms with E-state index in [1.165, 1.54) is 4.90 Å². The Balaban J connectivity index is 1.81. The summed E-state index contributed by atoms with van der Waals surface area (Å²) in [6.07, 6.45) is 0.780. The molecule has 1 fully saturated rings. The second-order valence-electron chi connectivity index (χ2n) is 3.86. The molecule has 6 nitrogen and oxygen atoms in total. The lowest BCUT2D eigenvalue weighted by Crippen LogP contribution is -2.54. The minimum Gasteiger partial charge on any atom is -0.476 e. The van der Waals surface area contributed by atoms with E-state index in [1.807, 2.05) is 12.1 Å². The van der Waals surface area contributed by atoms with Crippen LogP contribution in [-0.2, 0) is 0 Å². The first kappa shape index (κ1) is 11.7. The van der Waals surface area contributed by atoms with E-state index in [0.717, 1.165) is 0 Å². The number of carbonyl (C=O) groups is 1. The Labute approximate surface area is 99.2 Å². The van der Waals surface area contributed by atoms with Gasteiger partial charge in [-0.3, -0.25) is 0 Å². The van der Waals surface area contributed by atoms with Crippen molar-refractivity contribution < 1.29 is 14.6 Å². The van der Waals surface area contributed by atoms with Gasteiger partial charge in [-0.1, -0.05) is 6.07 Å². The van der Waals surface area contributed by atoms with Gasteiger partial charge in [0, 0.05) is 31.9 Å². The summed E-state index contributed by atoms with van der Waals surface area (Å²) in [4.78, 5) is 16.2. The number of carboxylic acid groups (broad SMARTS) is 1. The van der Waals surface area contributed by atoms with Crippen LogP contribution in [0.3, 0.4) is 0 Å². The molecule has 1 atom stereocenters. The van der Waals surface area contributed by atoms with Crippen LogP contribution in [0.5, 0.6) is 5.88 Å². The lowest BCUT2D eigenvalue weighted by Gasteiger charge is -2.31. The quantitative estimate of drug-likeness (QED) is 0.796. The molecular formula is C11H15N3O3. The summed E-state index contributed by atoms with van der Waals surface area (Å²) in [5.41, 5.74) is 0. The third kappa shape index (κ3) is 3.32. The van der Waals surface area contributed by atoms with Gasteiger partial charge in [-0.15, -0.1) is 0 Å². The Bertz CT molecular complexity index is 371. The van der Waals surface area contributed by atoms with Gasteiger partial charge in [0.1, 0.15) is 6.61 Å². The molecule has 1 aliphatic rings. The van der Waals surface area contributed by atoms with Gasteiger partial charge in [0.2, 0.25) is 5.88 Å². The van der Waals surface area contributed by atoms with Crippen molar-refractivity contribution in [1.29, 1.82) is 0 Å². The fourth-order valence-electron chi connectivity index (χ4n) is 1.73. The molecule has 0 spiro atoms. The molecule has 2 N–H and O–H groups in total. The average Bonchev–Trinajstić information content (AvgIpc) is 2.38. The molecule has 1 saturated heterocycles. The maximum atomic E-state index is 10.8. The number of nitrogens with zero attached hydrogens (tertiary/aromatic N) is 2. The average molecular weight is 237 g/mol. The number of aromatic nitrogens is 1. The molecule has 1 aromatic heterocycles. The van der Waals surface area contributed by atoms with Crippen molar-refractivity contribution in [3.8, 4) is 5.88 Å². The zero-order valence-corrected chi connectivity index (χ0v) is 9.37. The molecule has 1 aromatic rings. The second-order valence-corrected chi connectivity index (χ2v) is 3.86. The number of nitrogens with one attached hydrogen (secondary N) is 1. The van der Waals surface area contributed by atoms with E-state index in [1.54, 1.807) is 12.3 Å². The van der Waals surface area contributed by atoms with E-state index in [0.29, 0.717) is 32.1 Å². The number of rotatable bonds is 3. The third-order valence-corrected chi connectivity index (χ3v) is 2.60. The monoisotopic (exact) mass is 237 g/mol. The third-order valence-electron chi connectivity index (χ3n) is 2.60. The topological polar surface area (TPSA) is 74.7 Å². The number of hydrogen-bond donors (Lipinski definition) is 2. The molecule has 2 heterocycles. The predicted octanol–water partition coefficient (Wildman–Crippen LogP) is 0.412. The first-order valence-electron chi connectivity index (χ1n) is 5.51. The smallest absolute Gasteiger partial charge is 0.407 e. The summed E-state index contributed by atoms with van der Waals surface area (Å²) in [5, 5.41) is 12.1. The molecule has 1 amide bonds. The number of piperazine rings is 1. The van der Waals surface area contributed by atoms with Gasteiger partial charge < -0.3 is 20.1 Å². The normalized spacial score (nSPS) is 20.0. The number of amides is 1. The molecule has 0 radical (unpaired) electrons. The van der Waals surface area contributed by atoms with Gasteiger partial charge in [-0.05, 0) is 6.07 Å². The summed E-state index contributed by atoms with van der Waals surface area (Å²) in [6, 6.07) is 5.46. The highest BCUT2D eigenvalue weighted by molar-refractivity contribution is 5.65. The molecule has 0 aliphatic carbocycles. The van der Waals surface area contributed by atoms with Gasteiger partial charge >= 0.3 is 6.09 Å². The second kappa shape index (κ2) is 5.49. The van der Waals surface area contributed by atoms with Crippen molar-refractivity contribution in [1.82, 2.24) is 15.2 Å². The van der Waals surface area contributed by atoms with Gasteiger partial charge in [-0.2, -0.15) is 0 Å². The first-order valence-corrected chi connectivity index (χ1v) is 5.51. The van der Waals surface area contributed by atoms with Crippen LogP contribution in [0.1, 0.15) is 0 Å². The molecule has 0 saturated carbocycles. The van der Waals surface area contributed by atoms with Crippen molar-refractivity contribution in [2.24, 2.45) is 0 Å². The van der Waals surface area contributed by atoms with Crippen molar-refractivity contribution in [2.45, 2.75) is 6.04 Å². The van der Waals surface area contributed by atoms with Gasteiger partial charge in [-0.25, -0.2) is 9.78 Å². The minimum absolute atomic E-state index is 0.0156. The molecular weight excluding hydrogens is 222 g/mol. The maximum absolute atomic E-state index is 10.8. The lowest BCUT2D eigenvalue weighted by atomic mass is 10.2. The van der Waals surface area contributed by atoms with Crippen molar-refractivity contribution in [3.05, 3.63) is 24.4 Å². The van der Waals surface area contributed by atoms with Gasteiger partial charge in [0.05, 0.1) is 6.04 Å². The summed E-state index contributed by atoms with van der Waals surface area (Å²) < 4.78 is 5.48. The van der Waals surface area contributed by atoms with E-state index in [2.05, 4.69) is 10.3 Å². The standard InChI is InChI=1S/C11H15N3O3/c15-11(16)14-6-5-12-9(7-14)8-17-10-3-1-2-4-13-10/h1-4,9,12H,5-8H2,(H,15,16)/t9-/m0/s1. The van der Waals surface area contributed by atoms with Crippen molar-refractivity contribution in [3.63, 3.8) is 0 Å². The van der Waals surface area contributed by atoms with E-state index < -0.39 is 6.09 Å². The van der Waals surface area contributed by atoms with E-state index in [9.17, 15) is 4.79 Å². The summed E-state index contributed by atoms with van der Waals surface area (Å²) in [6.45, 7) is 2.04. The zero-order valence-electron chi connectivity index (χ0n) is 9.37. The van der Waals surface area contributed by atoms with Crippen LogP contribution in [0.25, 0.3) is 0 Å². The largest absolute Gasteiger partial charge is 0.476 e. The highest BCUT2D eigenvalue weighted by Gasteiger charge is 2.22. The zero-order chi connectivity index (χ0) is 12.1. The van der Waals surface area contributed by atoms with E-state index >= 15 is 0 Å². The summed E-state index contributed by atoms with van der Waals surface area (Å²) in [5.74, 6) is 0.557. The van der Waals surface area contributed by atoms with Crippen LogP contribution in [-0.4, -0.2) is 53.4 Å². The summed E-state index contributed by atoms with van der Waals surface area (Å²) in [7, 11) is 0.